The molecule has 3 nitrogen and oxygen atoms in total. The van der Waals surface area contributed by atoms with Crippen LogP contribution in [0.4, 0.5) is 0 Å². The van der Waals surface area contributed by atoms with Gasteiger partial charge in [-0.05, 0) is 63.4 Å². The molecule has 0 amide bonds. The molecule has 0 saturated heterocycles. The third-order valence-electron chi connectivity index (χ3n) is 11.2. The number of aromatic nitrogens is 3. The van der Waals surface area contributed by atoms with E-state index in [0.29, 0.717) is 11.9 Å². The van der Waals surface area contributed by atoms with Crippen LogP contribution in [0.2, 0.25) is 0 Å². The van der Waals surface area contributed by atoms with Crippen molar-refractivity contribution < 1.29 is 0 Å². The van der Waals surface area contributed by atoms with Gasteiger partial charge in [0.05, 0.1) is 22.1 Å². The van der Waals surface area contributed by atoms with Gasteiger partial charge in [0.15, 0.2) is 0 Å². The van der Waals surface area contributed by atoms with Crippen LogP contribution in [0.1, 0.15) is 38.3 Å². The second kappa shape index (κ2) is 11.2. The molecule has 2 aliphatic rings. The van der Waals surface area contributed by atoms with Crippen LogP contribution in [-0.2, 0) is 5.41 Å². The van der Waals surface area contributed by atoms with E-state index in [1.165, 1.54) is 60.5 Å². The lowest BCUT2D eigenvalue weighted by Crippen LogP contribution is -2.32. The number of nitrogens with zero attached hydrogens (tertiary/aromatic N) is 3. The third-order valence-corrected chi connectivity index (χ3v) is 11.2. The monoisotopic (exact) mass is 655 g/mol. The maximum Gasteiger partial charge on any atom is 0.235 e. The fourth-order valence-corrected chi connectivity index (χ4v) is 8.65. The van der Waals surface area contributed by atoms with Gasteiger partial charge in [0, 0.05) is 32.5 Å². The average molecular weight is 656 g/mol. The summed E-state index contributed by atoms with van der Waals surface area (Å²) in [6.07, 6.45) is 5.79. The molecule has 244 valence electrons. The van der Waals surface area contributed by atoms with Gasteiger partial charge in [0.1, 0.15) is 0 Å². The zero-order valence-corrected chi connectivity index (χ0v) is 29.1. The van der Waals surface area contributed by atoms with E-state index in [1.807, 2.05) is 0 Å². The Morgan fingerprint density at radius 3 is 2.14 bits per heavy atom. The topological polar surface area (TPSA) is 30.7 Å². The molecule has 2 heterocycles. The van der Waals surface area contributed by atoms with E-state index in [0.717, 1.165) is 34.1 Å². The van der Waals surface area contributed by atoms with E-state index < -0.39 is 0 Å². The maximum atomic E-state index is 5.40. The predicted molar refractivity (Wildman–Crippen MR) is 212 cm³/mol. The first-order valence-corrected chi connectivity index (χ1v) is 18.0. The summed E-state index contributed by atoms with van der Waals surface area (Å²) in [6.45, 7) is 7.01. The molecular formula is C48H37N3. The molecule has 6 aromatic carbocycles. The summed E-state index contributed by atoms with van der Waals surface area (Å²) in [5.74, 6) is 1.14. The van der Waals surface area contributed by atoms with E-state index in [1.54, 1.807) is 0 Å². The third kappa shape index (κ3) is 4.51. The molecule has 1 unspecified atom stereocenters. The molecule has 51 heavy (non-hydrogen) atoms. The molecule has 2 aromatic heterocycles. The quantitative estimate of drug-likeness (QED) is 0.189. The van der Waals surface area contributed by atoms with Crippen molar-refractivity contribution in [1.82, 2.24) is 14.5 Å². The van der Waals surface area contributed by atoms with E-state index in [-0.39, 0.29) is 5.41 Å². The van der Waals surface area contributed by atoms with Crippen LogP contribution >= 0.6 is 0 Å². The molecule has 0 bridgehead atoms. The largest absolute Gasteiger partial charge is 0.278 e. The van der Waals surface area contributed by atoms with Crippen LogP contribution in [-0.4, -0.2) is 14.5 Å². The molecule has 0 saturated carbocycles. The number of hydrogen-bond donors (Lipinski definition) is 0. The highest BCUT2D eigenvalue weighted by Gasteiger charge is 2.35. The second-order valence-corrected chi connectivity index (χ2v) is 14.7. The molecule has 2 aliphatic carbocycles. The van der Waals surface area contributed by atoms with Gasteiger partial charge in [-0.3, -0.25) is 4.57 Å². The molecule has 10 rings (SSSR count). The summed E-state index contributed by atoms with van der Waals surface area (Å²) >= 11 is 0. The maximum absolute atomic E-state index is 5.40. The normalized spacial score (nSPS) is 15.5. The van der Waals surface area contributed by atoms with Crippen molar-refractivity contribution in [3.8, 4) is 50.6 Å². The van der Waals surface area contributed by atoms with Crippen LogP contribution in [0.15, 0.2) is 140 Å². The fourth-order valence-electron chi connectivity index (χ4n) is 8.65. The number of hydrogen-bond acceptors (Lipinski definition) is 2. The highest BCUT2D eigenvalue weighted by atomic mass is 15.2. The van der Waals surface area contributed by atoms with Crippen LogP contribution in [0.5, 0.6) is 0 Å². The minimum Gasteiger partial charge on any atom is -0.278 e. The van der Waals surface area contributed by atoms with Crippen molar-refractivity contribution >= 4 is 34.0 Å². The Morgan fingerprint density at radius 2 is 1.27 bits per heavy atom. The highest BCUT2D eigenvalue weighted by Crippen LogP contribution is 2.50. The van der Waals surface area contributed by atoms with Crippen molar-refractivity contribution in [2.75, 3.05) is 0 Å². The zero-order chi connectivity index (χ0) is 34.3. The smallest absolute Gasteiger partial charge is 0.235 e. The minimum atomic E-state index is -0.0725. The van der Waals surface area contributed by atoms with Crippen LogP contribution in [0, 0.1) is 5.92 Å². The first kappa shape index (κ1) is 29.8. The molecule has 0 N–H and O–H groups in total. The van der Waals surface area contributed by atoms with Crippen molar-refractivity contribution in [2.24, 2.45) is 5.92 Å². The molecule has 0 aliphatic heterocycles. The molecular weight excluding hydrogens is 619 g/mol. The summed E-state index contributed by atoms with van der Waals surface area (Å²) in [5, 5.41) is 4.70. The fraction of sp³-hybridized carbons (Fsp3) is 0.125. The standard InChI is InChI=1S/C48H37N3/c1-30-24-27-44-40(28-30)38-21-13-20-37(46(38)51(44)47-49-43-23-12-10-19-39(43)45(50-47)31-14-5-4-6-15-31)34-17-8-7-16-33(34)32-25-26-36-35-18-9-11-22-41(35)48(2,3)42(36)29-32/h4-23,25-30H,24H2,1-3H3. The Morgan fingerprint density at radius 1 is 0.588 bits per heavy atom. The van der Waals surface area contributed by atoms with Gasteiger partial charge in [0.2, 0.25) is 5.95 Å². The number of para-hydroxylation sites is 2. The predicted octanol–water partition coefficient (Wildman–Crippen LogP) is 10.5. The first-order chi connectivity index (χ1) is 25.0. The summed E-state index contributed by atoms with van der Waals surface area (Å²) in [6, 6.07) is 50.4. The van der Waals surface area contributed by atoms with Crippen LogP contribution < -0.4 is 10.6 Å². The minimum absolute atomic E-state index is 0.0725. The lowest BCUT2D eigenvalue weighted by molar-refractivity contribution is 0.660. The summed E-state index contributed by atoms with van der Waals surface area (Å²) < 4.78 is 2.33. The van der Waals surface area contributed by atoms with Gasteiger partial charge in [-0.1, -0.05) is 160 Å². The Labute approximate surface area is 297 Å². The van der Waals surface area contributed by atoms with Crippen molar-refractivity contribution in [3.63, 3.8) is 0 Å². The van der Waals surface area contributed by atoms with Gasteiger partial charge < -0.3 is 0 Å². The van der Waals surface area contributed by atoms with Crippen molar-refractivity contribution in [2.45, 2.75) is 32.6 Å². The Bertz CT molecular complexity index is 2820. The van der Waals surface area contributed by atoms with Crippen molar-refractivity contribution in [1.29, 1.82) is 0 Å². The van der Waals surface area contributed by atoms with Crippen LogP contribution in [0.25, 0.3) is 84.5 Å². The SMILES string of the molecule is CC1C=c2c(n(-c3nc(-c4ccccc4)c4ccccc4n3)c3c(-c4ccccc4-c4ccc5c(c4)C(C)(C)c4ccccc4-5)cccc23)=CC1. The van der Waals surface area contributed by atoms with Crippen molar-refractivity contribution in [3.05, 3.63) is 161 Å². The van der Waals surface area contributed by atoms with Crippen LogP contribution in [0.3, 0.4) is 0 Å². The summed E-state index contributed by atoms with van der Waals surface area (Å²) in [7, 11) is 0. The first-order valence-electron chi connectivity index (χ1n) is 18.0. The molecule has 0 radical (unpaired) electrons. The lowest BCUT2D eigenvalue weighted by atomic mass is 9.81. The molecule has 1 atom stereocenters. The van der Waals surface area contributed by atoms with Gasteiger partial charge in [0.25, 0.3) is 0 Å². The van der Waals surface area contributed by atoms with E-state index >= 15 is 0 Å². The summed E-state index contributed by atoms with van der Waals surface area (Å²) in [4.78, 5) is 10.7. The lowest BCUT2D eigenvalue weighted by Gasteiger charge is -2.22. The number of benzene rings is 6. The Hall–Kier alpha value is -6.06. The average Bonchev–Trinajstić information content (AvgIpc) is 3.62. The molecule has 8 aromatic rings. The second-order valence-electron chi connectivity index (χ2n) is 14.7. The molecule has 0 fully saturated rings. The van der Waals surface area contributed by atoms with Gasteiger partial charge in [-0.2, -0.15) is 0 Å². The van der Waals surface area contributed by atoms with Gasteiger partial charge in [-0.15, -0.1) is 0 Å². The highest BCUT2D eigenvalue weighted by molar-refractivity contribution is 6.01. The van der Waals surface area contributed by atoms with Gasteiger partial charge in [-0.25, -0.2) is 9.97 Å². The molecule has 3 heteroatoms. The van der Waals surface area contributed by atoms with E-state index in [4.69, 9.17) is 9.97 Å². The zero-order valence-electron chi connectivity index (χ0n) is 29.1. The molecule has 0 spiro atoms. The number of fused-ring (bicyclic) bond motifs is 7. The van der Waals surface area contributed by atoms with E-state index in [2.05, 4.69) is 177 Å². The summed E-state index contributed by atoms with van der Waals surface area (Å²) in [5.41, 5.74) is 14.3. The van der Waals surface area contributed by atoms with E-state index in [9.17, 15) is 0 Å². The Kier molecular flexibility index (Phi) is 6.57. The number of rotatable bonds is 4. The Balaban J connectivity index is 1.25. The van der Waals surface area contributed by atoms with Gasteiger partial charge >= 0.3 is 0 Å².